The Morgan fingerprint density at radius 2 is 1.87 bits per heavy atom. The molecule has 136 valence electrons. The molecular weight excluding hydrogens is 403 g/mol. The van der Waals surface area contributed by atoms with Crippen LogP contribution in [-0.2, 0) is 4.74 Å². The SMILES string of the molecule is CCNC(=NCC1CCN(C)CC1)NCCCOCC1CC1.I. The minimum Gasteiger partial charge on any atom is -0.381 e. The van der Waals surface area contributed by atoms with Gasteiger partial charge in [0, 0.05) is 32.8 Å². The van der Waals surface area contributed by atoms with E-state index in [4.69, 9.17) is 9.73 Å². The maximum Gasteiger partial charge on any atom is 0.191 e. The zero-order valence-electron chi connectivity index (χ0n) is 14.9. The molecule has 2 aliphatic rings. The van der Waals surface area contributed by atoms with Crippen LogP contribution in [0, 0.1) is 11.8 Å². The van der Waals surface area contributed by atoms with Crippen LogP contribution in [0.4, 0.5) is 0 Å². The minimum atomic E-state index is 0. The van der Waals surface area contributed by atoms with Crippen LogP contribution in [0.3, 0.4) is 0 Å². The molecule has 0 unspecified atom stereocenters. The summed E-state index contributed by atoms with van der Waals surface area (Å²) in [7, 11) is 2.20. The Morgan fingerprint density at radius 3 is 2.52 bits per heavy atom. The number of halogens is 1. The maximum absolute atomic E-state index is 5.66. The molecule has 5 nitrogen and oxygen atoms in total. The van der Waals surface area contributed by atoms with E-state index in [1.165, 1.54) is 38.8 Å². The molecule has 0 bridgehead atoms. The second-order valence-corrected chi connectivity index (χ2v) is 6.76. The average Bonchev–Trinajstić information content (AvgIpc) is 3.34. The van der Waals surface area contributed by atoms with Gasteiger partial charge in [-0.2, -0.15) is 0 Å². The molecule has 0 radical (unpaired) electrons. The van der Waals surface area contributed by atoms with E-state index in [2.05, 4.69) is 29.5 Å². The molecule has 0 aromatic heterocycles. The largest absolute Gasteiger partial charge is 0.381 e. The fourth-order valence-electron chi connectivity index (χ4n) is 2.72. The maximum atomic E-state index is 5.66. The first kappa shape index (κ1) is 21.0. The average molecular weight is 438 g/mol. The van der Waals surface area contributed by atoms with Crippen molar-refractivity contribution >= 4 is 29.9 Å². The van der Waals surface area contributed by atoms with Crippen molar-refractivity contribution < 1.29 is 4.74 Å². The van der Waals surface area contributed by atoms with Gasteiger partial charge in [-0.1, -0.05) is 0 Å². The van der Waals surface area contributed by atoms with Gasteiger partial charge in [0.05, 0.1) is 0 Å². The molecule has 1 aliphatic carbocycles. The number of hydrogen-bond acceptors (Lipinski definition) is 3. The molecule has 6 heteroatoms. The van der Waals surface area contributed by atoms with Crippen molar-refractivity contribution in [3.63, 3.8) is 0 Å². The summed E-state index contributed by atoms with van der Waals surface area (Å²) in [5.74, 6) is 2.57. The van der Waals surface area contributed by atoms with Crippen molar-refractivity contribution in [2.24, 2.45) is 16.8 Å². The Kier molecular flexibility index (Phi) is 11.2. The number of rotatable bonds is 9. The van der Waals surface area contributed by atoms with E-state index in [1.807, 2.05) is 0 Å². The van der Waals surface area contributed by atoms with Crippen molar-refractivity contribution in [2.45, 2.75) is 39.0 Å². The van der Waals surface area contributed by atoms with Crippen LogP contribution in [0.25, 0.3) is 0 Å². The third-order valence-electron chi connectivity index (χ3n) is 4.50. The quantitative estimate of drug-likeness (QED) is 0.251. The molecule has 23 heavy (non-hydrogen) atoms. The molecule has 0 amide bonds. The third kappa shape index (κ3) is 9.72. The molecule has 0 spiro atoms. The van der Waals surface area contributed by atoms with Crippen molar-refractivity contribution in [1.82, 2.24) is 15.5 Å². The highest BCUT2D eigenvalue weighted by molar-refractivity contribution is 14.0. The molecule has 1 saturated carbocycles. The molecule has 0 atom stereocenters. The Bertz CT molecular complexity index is 329. The van der Waals surface area contributed by atoms with Crippen LogP contribution in [0.2, 0.25) is 0 Å². The first-order valence-corrected chi connectivity index (χ1v) is 9.06. The highest BCUT2D eigenvalue weighted by Crippen LogP contribution is 2.28. The molecule has 1 heterocycles. The summed E-state index contributed by atoms with van der Waals surface area (Å²) in [6, 6.07) is 0. The zero-order valence-corrected chi connectivity index (χ0v) is 17.2. The predicted octanol–water partition coefficient (Wildman–Crippen LogP) is 2.32. The summed E-state index contributed by atoms with van der Waals surface area (Å²) in [5, 5.41) is 6.76. The number of nitrogens with one attached hydrogen (secondary N) is 2. The number of hydrogen-bond donors (Lipinski definition) is 2. The van der Waals surface area contributed by atoms with Gasteiger partial charge in [-0.25, -0.2) is 0 Å². The Balaban J connectivity index is 0.00000264. The van der Waals surface area contributed by atoms with Crippen molar-refractivity contribution in [1.29, 1.82) is 0 Å². The van der Waals surface area contributed by atoms with Gasteiger partial charge in [0.1, 0.15) is 0 Å². The van der Waals surface area contributed by atoms with E-state index in [9.17, 15) is 0 Å². The molecule has 1 saturated heterocycles. The summed E-state index contributed by atoms with van der Waals surface area (Å²) < 4.78 is 5.66. The molecule has 0 aromatic rings. The highest BCUT2D eigenvalue weighted by atomic mass is 127. The summed E-state index contributed by atoms with van der Waals surface area (Å²) >= 11 is 0. The summed E-state index contributed by atoms with van der Waals surface area (Å²) in [6.07, 6.45) is 6.33. The Labute approximate surface area is 159 Å². The number of piperidine rings is 1. The lowest BCUT2D eigenvalue weighted by atomic mass is 9.97. The van der Waals surface area contributed by atoms with E-state index in [-0.39, 0.29) is 24.0 Å². The van der Waals surface area contributed by atoms with Gasteiger partial charge in [0.15, 0.2) is 5.96 Å². The normalized spacial score (nSPS) is 20.2. The number of aliphatic imine (C=N–C) groups is 1. The molecule has 2 rings (SSSR count). The second-order valence-electron chi connectivity index (χ2n) is 6.76. The van der Waals surface area contributed by atoms with Crippen molar-refractivity contribution in [3.05, 3.63) is 0 Å². The third-order valence-corrected chi connectivity index (χ3v) is 4.50. The van der Waals surface area contributed by atoms with E-state index >= 15 is 0 Å². The summed E-state index contributed by atoms with van der Waals surface area (Å²) in [5.41, 5.74) is 0. The standard InChI is InChI=1S/C17H34N4O.HI/c1-3-18-17(19-9-4-12-22-14-16-5-6-16)20-13-15-7-10-21(2)11-8-15;/h15-16H,3-14H2,1-2H3,(H2,18,19,20);1H. The fourth-order valence-corrected chi connectivity index (χ4v) is 2.72. The van der Waals surface area contributed by atoms with E-state index in [1.54, 1.807) is 0 Å². The van der Waals surface area contributed by atoms with Crippen molar-refractivity contribution in [3.8, 4) is 0 Å². The molecule has 0 aromatic carbocycles. The highest BCUT2D eigenvalue weighted by Gasteiger charge is 2.20. The minimum absolute atomic E-state index is 0. The first-order chi connectivity index (χ1) is 10.8. The van der Waals surface area contributed by atoms with Crippen LogP contribution in [0.5, 0.6) is 0 Å². The first-order valence-electron chi connectivity index (χ1n) is 9.06. The van der Waals surface area contributed by atoms with Gasteiger partial charge in [-0.3, -0.25) is 4.99 Å². The zero-order chi connectivity index (χ0) is 15.6. The Hall–Kier alpha value is -0.0800. The Morgan fingerprint density at radius 1 is 1.13 bits per heavy atom. The van der Waals surface area contributed by atoms with Crippen LogP contribution >= 0.6 is 24.0 Å². The van der Waals surface area contributed by atoms with Crippen molar-refractivity contribution in [2.75, 3.05) is 53.0 Å². The molecule has 2 N–H and O–H groups in total. The van der Waals surface area contributed by atoms with Crippen LogP contribution in [-0.4, -0.2) is 63.8 Å². The lowest BCUT2D eigenvalue weighted by Gasteiger charge is -2.28. The van der Waals surface area contributed by atoms with Crippen LogP contribution < -0.4 is 10.6 Å². The monoisotopic (exact) mass is 438 g/mol. The van der Waals surface area contributed by atoms with E-state index in [0.717, 1.165) is 57.1 Å². The number of likely N-dealkylation sites (tertiary alicyclic amines) is 1. The topological polar surface area (TPSA) is 48.9 Å². The van der Waals surface area contributed by atoms with E-state index < -0.39 is 0 Å². The smallest absolute Gasteiger partial charge is 0.191 e. The summed E-state index contributed by atoms with van der Waals surface area (Å²) in [4.78, 5) is 7.16. The second kappa shape index (κ2) is 12.3. The number of nitrogens with zero attached hydrogens (tertiary/aromatic N) is 2. The lowest BCUT2D eigenvalue weighted by molar-refractivity contribution is 0.123. The predicted molar refractivity (Wildman–Crippen MR) is 108 cm³/mol. The summed E-state index contributed by atoms with van der Waals surface area (Å²) in [6.45, 7) is 9.15. The lowest BCUT2D eigenvalue weighted by Crippen LogP contribution is -2.39. The van der Waals surface area contributed by atoms with Gasteiger partial charge in [-0.15, -0.1) is 24.0 Å². The number of ether oxygens (including phenoxy) is 1. The van der Waals surface area contributed by atoms with Crippen LogP contribution in [0.15, 0.2) is 4.99 Å². The molecule has 1 aliphatic heterocycles. The van der Waals surface area contributed by atoms with Gasteiger partial charge in [-0.05, 0) is 71.0 Å². The van der Waals surface area contributed by atoms with E-state index in [0.29, 0.717) is 0 Å². The fraction of sp³-hybridized carbons (Fsp3) is 0.941. The van der Waals surface area contributed by atoms with Gasteiger partial charge >= 0.3 is 0 Å². The van der Waals surface area contributed by atoms with Crippen LogP contribution in [0.1, 0.15) is 39.0 Å². The number of guanidine groups is 1. The van der Waals surface area contributed by atoms with Gasteiger partial charge in [0.25, 0.3) is 0 Å². The van der Waals surface area contributed by atoms with Gasteiger partial charge < -0.3 is 20.3 Å². The molecular formula is C17H35IN4O. The van der Waals surface area contributed by atoms with Gasteiger partial charge in [0.2, 0.25) is 0 Å². The molecule has 2 fully saturated rings.